The number of aliphatic hydroxyl groups excluding tert-OH is 3. The number of ketones is 2. The number of carbonyl (C=O) groups is 3. The molecular formula is C30H46O7. The Bertz CT molecular complexity index is 1020. The molecule has 2 saturated carbocycles. The number of fused-ring (bicyclic) bond motifs is 4. The summed E-state index contributed by atoms with van der Waals surface area (Å²) < 4.78 is 0. The molecule has 0 heterocycles. The van der Waals surface area contributed by atoms with E-state index in [0.29, 0.717) is 32.1 Å². The first-order valence-corrected chi connectivity index (χ1v) is 14.1. The van der Waals surface area contributed by atoms with Gasteiger partial charge >= 0.3 is 5.97 Å². The number of aliphatic carboxylic acids is 1. The van der Waals surface area contributed by atoms with Crippen molar-refractivity contribution >= 4 is 17.5 Å². The van der Waals surface area contributed by atoms with Gasteiger partial charge < -0.3 is 20.4 Å². The molecular weight excluding hydrogens is 472 g/mol. The second-order valence-corrected chi connectivity index (χ2v) is 13.8. The molecule has 0 aliphatic heterocycles. The maximum atomic E-state index is 14.1. The van der Waals surface area contributed by atoms with E-state index in [1.807, 2.05) is 13.8 Å². The number of carboxylic acid groups (broad SMARTS) is 1. The summed E-state index contributed by atoms with van der Waals surface area (Å²) >= 11 is 0. The van der Waals surface area contributed by atoms with E-state index in [1.165, 1.54) is 0 Å². The molecule has 7 nitrogen and oxygen atoms in total. The Kier molecular flexibility index (Phi) is 7.12. The molecule has 0 aromatic carbocycles. The van der Waals surface area contributed by atoms with Gasteiger partial charge in [-0.25, -0.2) is 0 Å². The first-order valence-electron chi connectivity index (χ1n) is 14.1. The number of hydrogen-bond acceptors (Lipinski definition) is 6. The van der Waals surface area contributed by atoms with Crippen molar-refractivity contribution in [3.8, 4) is 0 Å². The largest absolute Gasteiger partial charge is 0.481 e. The van der Waals surface area contributed by atoms with Gasteiger partial charge in [0.2, 0.25) is 0 Å². The van der Waals surface area contributed by atoms with Crippen LogP contribution in [0.1, 0.15) is 92.9 Å². The summed E-state index contributed by atoms with van der Waals surface area (Å²) in [7, 11) is 0. The van der Waals surface area contributed by atoms with Crippen LogP contribution >= 0.6 is 0 Å². The van der Waals surface area contributed by atoms with Crippen molar-refractivity contribution in [1.29, 1.82) is 0 Å². The van der Waals surface area contributed by atoms with Gasteiger partial charge in [-0.1, -0.05) is 47.1 Å². The van der Waals surface area contributed by atoms with Gasteiger partial charge in [0.15, 0.2) is 5.78 Å². The summed E-state index contributed by atoms with van der Waals surface area (Å²) in [6.07, 6.45) is 2.40. The van der Waals surface area contributed by atoms with Crippen LogP contribution in [-0.4, -0.2) is 56.8 Å². The number of aliphatic hydroxyl groups is 3. The monoisotopic (exact) mass is 518 g/mol. The summed E-state index contributed by atoms with van der Waals surface area (Å²) in [5.74, 6) is -1.84. The third-order valence-electron chi connectivity index (χ3n) is 11.9. The average molecular weight is 519 g/mol. The summed E-state index contributed by atoms with van der Waals surface area (Å²) in [5.41, 5.74) is -0.377. The smallest absolute Gasteiger partial charge is 0.306 e. The molecule has 0 radical (unpaired) electrons. The van der Waals surface area contributed by atoms with Crippen LogP contribution in [-0.2, 0) is 14.4 Å². The van der Waals surface area contributed by atoms with Crippen LogP contribution in [0.4, 0.5) is 0 Å². The number of Topliss-reactive ketones (excluding diaryl/α,β-unsaturated/α-hetero) is 2. The van der Waals surface area contributed by atoms with Crippen molar-refractivity contribution in [2.75, 3.05) is 6.61 Å². The van der Waals surface area contributed by atoms with E-state index in [-0.39, 0.29) is 48.8 Å². The van der Waals surface area contributed by atoms with E-state index in [2.05, 4.69) is 20.8 Å². The zero-order chi connectivity index (χ0) is 27.7. The fraction of sp³-hybridized carbons (Fsp3) is 0.833. The lowest BCUT2D eigenvalue weighted by Crippen LogP contribution is -2.59. The third-order valence-corrected chi connectivity index (χ3v) is 11.9. The molecule has 0 unspecified atom stereocenters. The number of hydrogen-bond donors (Lipinski definition) is 4. The Morgan fingerprint density at radius 2 is 1.68 bits per heavy atom. The summed E-state index contributed by atoms with van der Waals surface area (Å²) in [6, 6.07) is 0. The van der Waals surface area contributed by atoms with Crippen LogP contribution in [0.3, 0.4) is 0 Å². The van der Waals surface area contributed by atoms with Crippen molar-refractivity contribution in [2.45, 2.75) is 105 Å². The average Bonchev–Trinajstić information content (AvgIpc) is 3.02. The Morgan fingerprint density at radius 3 is 2.27 bits per heavy atom. The van der Waals surface area contributed by atoms with Gasteiger partial charge in [0, 0.05) is 35.7 Å². The lowest BCUT2D eigenvalue weighted by atomic mass is 9.42. The zero-order valence-corrected chi connectivity index (χ0v) is 23.3. The van der Waals surface area contributed by atoms with E-state index >= 15 is 0 Å². The van der Waals surface area contributed by atoms with Crippen LogP contribution < -0.4 is 0 Å². The van der Waals surface area contributed by atoms with Crippen molar-refractivity contribution in [3.05, 3.63) is 11.1 Å². The van der Waals surface area contributed by atoms with Gasteiger partial charge in [0.05, 0.1) is 24.7 Å². The third kappa shape index (κ3) is 3.89. The quantitative estimate of drug-likeness (QED) is 0.401. The van der Waals surface area contributed by atoms with Gasteiger partial charge in [-0.05, 0) is 60.7 Å². The molecule has 2 fully saturated rings. The zero-order valence-electron chi connectivity index (χ0n) is 23.3. The maximum Gasteiger partial charge on any atom is 0.306 e. The molecule has 0 spiro atoms. The highest BCUT2D eigenvalue weighted by Gasteiger charge is 2.68. The number of rotatable bonds is 7. The summed E-state index contributed by atoms with van der Waals surface area (Å²) in [5, 5.41) is 41.9. The van der Waals surface area contributed by atoms with Crippen LogP contribution in [0, 0.1) is 45.3 Å². The van der Waals surface area contributed by atoms with Crippen LogP contribution in [0.5, 0.6) is 0 Å². The van der Waals surface area contributed by atoms with Crippen LogP contribution in [0.2, 0.25) is 0 Å². The molecule has 208 valence electrons. The lowest BCUT2D eigenvalue weighted by molar-refractivity contribution is -0.144. The number of carboxylic acids is 1. The molecule has 0 saturated heterocycles. The summed E-state index contributed by atoms with van der Waals surface area (Å²) in [6.45, 7) is 11.7. The molecule has 4 rings (SSSR count). The SMILES string of the molecule is C[C@H](CC(=O)C[C@@H](C)[C@H]1C[C@H](O)[C@@]2(C)C3=C(C(=O)C[C@]12C)[C@@]1(C)CC[C@H](O)[C@](C)(CO)[C@@H]1CC3)C(=O)O. The fourth-order valence-electron chi connectivity index (χ4n) is 9.49. The van der Waals surface area contributed by atoms with Gasteiger partial charge in [0.25, 0.3) is 0 Å². The van der Waals surface area contributed by atoms with E-state index < -0.39 is 45.8 Å². The predicted molar refractivity (Wildman–Crippen MR) is 138 cm³/mol. The van der Waals surface area contributed by atoms with Crippen LogP contribution in [0.15, 0.2) is 11.1 Å². The van der Waals surface area contributed by atoms with Crippen molar-refractivity contribution in [1.82, 2.24) is 0 Å². The molecule has 37 heavy (non-hydrogen) atoms. The maximum absolute atomic E-state index is 14.1. The van der Waals surface area contributed by atoms with E-state index in [4.69, 9.17) is 0 Å². The molecule has 4 aliphatic carbocycles. The topological polar surface area (TPSA) is 132 Å². The molecule has 7 heteroatoms. The van der Waals surface area contributed by atoms with Crippen molar-refractivity contribution < 1.29 is 34.8 Å². The van der Waals surface area contributed by atoms with Crippen LogP contribution in [0.25, 0.3) is 0 Å². The molecule has 4 N–H and O–H groups in total. The minimum Gasteiger partial charge on any atom is -0.481 e. The molecule has 0 aromatic rings. The minimum absolute atomic E-state index is 0.00756. The Labute approximate surface area is 220 Å². The molecule has 10 atom stereocenters. The first kappa shape index (κ1) is 28.4. The van der Waals surface area contributed by atoms with Gasteiger partial charge in [0.1, 0.15) is 5.78 Å². The number of allylic oxidation sites excluding steroid dienone is 1. The normalized spacial score (nSPS) is 45.1. The standard InChI is InChI=1S/C30H46O7/c1-16(11-18(32)12-17(2)26(36)37)20-13-24(35)30(6)19-7-8-22-27(3,10-9-23(34)28(22,4)15-31)25(19)21(33)14-29(20,30)5/h16-17,20,22-24,31,34-35H,7-15H2,1-6H3,(H,36,37)/t16-,17-,20-,22-,23+,24+,27+,28-,29-,30-/m1/s1. The van der Waals surface area contributed by atoms with Gasteiger partial charge in [-0.2, -0.15) is 0 Å². The van der Waals surface area contributed by atoms with Gasteiger partial charge in [-0.15, -0.1) is 0 Å². The predicted octanol–water partition coefficient (Wildman–Crippen LogP) is 3.92. The molecule has 0 amide bonds. The molecule has 4 aliphatic rings. The van der Waals surface area contributed by atoms with E-state index in [9.17, 15) is 34.8 Å². The first-order chi connectivity index (χ1) is 17.1. The molecule has 0 aromatic heterocycles. The Hall–Kier alpha value is -1.57. The second-order valence-electron chi connectivity index (χ2n) is 13.8. The number of carbonyl (C=O) groups excluding carboxylic acids is 2. The highest BCUT2D eigenvalue weighted by atomic mass is 16.4. The fourth-order valence-corrected chi connectivity index (χ4v) is 9.49. The minimum atomic E-state index is -0.981. The van der Waals surface area contributed by atoms with E-state index in [1.54, 1.807) is 6.92 Å². The Balaban J connectivity index is 1.70. The van der Waals surface area contributed by atoms with Gasteiger partial charge in [-0.3, -0.25) is 14.4 Å². The summed E-state index contributed by atoms with van der Waals surface area (Å²) in [4.78, 5) is 38.0. The molecule has 0 bridgehead atoms. The van der Waals surface area contributed by atoms with E-state index in [0.717, 1.165) is 17.6 Å². The highest BCUT2D eigenvalue weighted by Crippen LogP contribution is 2.71. The highest BCUT2D eigenvalue weighted by molar-refractivity contribution is 6.00. The lowest BCUT2D eigenvalue weighted by Gasteiger charge is -2.61. The van der Waals surface area contributed by atoms with Crippen molar-refractivity contribution in [3.63, 3.8) is 0 Å². The second kappa shape index (κ2) is 9.27. The Morgan fingerprint density at radius 1 is 1.03 bits per heavy atom. The van der Waals surface area contributed by atoms with Crippen molar-refractivity contribution in [2.24, 2.45) is 45.3 Å².